The van der Waals surface area contributed by atoms with Crippen LogP contribution in [0.5, 0.6) is 5.75 Å². The molecule has 0 saturated carbocycles. The number of nitrogens with one attached hydrogen (secondary N) is 1. The van der Waals surface area contributed by atoms with Crippen molar-refractivity contribution in [3.8, 4) is 11.8 Å². The fourth-order valence-corrected chi connectivity index (χ4v) is 3.66. The Morgan fingerprint density at radius 3 is 2.50 bits per heavy atom. The third-order valence-corrected chi connectivity index (χ3v) is 5.40. The molecule has 0 aliphatic carbocycles. The highest BCUT2D eigenvalue weighted by Gasteiger charge is 2.26. The number of nitrogens with zero attached hydrogens (tertiary/aromatic N) is 2. The van der Waals surface area contributed by atoms with Gasteiger partial charge >= 0.3 is 0 Å². The van der Waals surface area contributed by atoms with Gasteiger partial charge in [0.15, 0.2) is 0 Å². The summed E-state index contributed by atoms with van der Waals surface area (Å²) >= 11 is 0. The molecule has 4 heteroatoms. The maximum atomic E-state index is 9.00. The van der Waals surface area contributed by atoms with Crippen molar-refractivity contribution in [1.82, 2.24) is 10.2 Å². The van der Waals surface area contributed by atoms with Crippen LogP contribution >= 0.6 is 0 Å². The standard InChI is InChI=1S/C24H31N3O/c1-24(2,3)27-12-10-22(11-13-27)26-17-20-7-5-9-23(15-20)28-18-21-8-4-6-19(14-21)16-25/h4-9,14-15,22,26H,10-13,17-18H2,1-3H3. The molecule has 3 rings (SSSR count). The molecule has 1 heterocycles. The highest BCUT2D eigenvalue weighted by molar-refractivity contribution is 5.33. The van der Waals surface area contributed by atoms with E-state index in [1.54, 1.807) is 0 Å². The zero-order valence-corrected chi connectivity index (χ0v) is 17.2. The summed E-state index contributed by atoms with van der Waals surface area (Å²) in [6.07, 6.45) is 2.39. The molecule has 1 aliphatic rings. The average molecular weight is 378 g/mol. The van der Waals surface area contributed by atoms with Gasteiger partial charge in [-0.3, -0.25) is 4.90 Å². The summed E-state index contributed by atoms with van der Waals surface area (Å²) in [5.74, 6) is 0.865. The first-order valence-electron chi connectivity index (χ1n) is 10.1. The van der Waals surface area contributed by atoms with Gasteiger partial charge in [0.1, 0.15) is 12.4 Å². The highest BCUT2D eigenvalue weighted by Crippen LogP contribution is 2.21. The Bertz CT molecular complexity index is 811. The Balaban J connectivity index is 1.48. The van der Waals surface area contributed by atoms with Crippen LogP contribution in [-0.4, -0.2) is 29.6 Å². The first kappa shape index (κ1) is 20.4. The topological polar surface area (TPSA) is 48.3 Å². The molecular weight excluding hydrogens is 346 g/mol. The number of benzene rings is 2. The molecular formula is C24H31N3O. The molecule has 1 N–H and O–H groups in total. The van der Waals surface area contributed by atoms with Gasteiger partial charge in [-0.05, 0) is 69.0 Å². The fraction of sp³-hybridized carbons (Fsp3) is 0.458. The van der Waals surface area contributed by atoms with Gasteiger partial charge in [-0.2, -0.15) is 5.26 Å². The monoisotopic (exact) mass is 377 g/mol. The molecule has 0 atom stereocenters. The summed E-state index contributed by atoms with van der Waals surface area (Å²) < 4.78 is 5.93. The van der Waals surface area contributed by atoms with E-state index in [0.29, 0.717) is 18.2 Å². The Kier molecular flexibility index (Phi) is 6.72. The van der Waals surface area contributed by atoms with Gasteiger partial charge in [-0.15, -0.1) is 0 Å². The number of hydrogen-bond donors (Lipinski definition) is 1. The Labute approximate surface area is 169 Å². The summed E-state index contributed by atoms with van der Waals surface area (Å²) in [6, 6.07) is 18.6. The summed E-state index contributed by atoms with van der Waals surface area (Å²) in [7, 11) is 0. The van der Waals surface area contributed by atoms with Crippen LogP contribution in [0.15, 0.2) is 48.5 Å². The predicted octanol–water partition coefficient (Wildman–Crippen LogP) is 4.49. The molecule has 4 nitrogen and oxygen atoms in total. The fourth-order valence-electron chi connectivity index (χ4n) is 3.66. The van der Waals surface area contributed by atoms with Crippen LogP contribution in [0.1, 0.15) is 50.3 Å². The van der Waals surface area contributed by atoms with Crippen molar-refractivity contribution < 1.29 is 4.74 Å². The molecule has 28 heavy (non-hydrogen) atoms. The number of hydrogen-bond acceptors (Lipinski definition) is 4. The van der Waals surface area contributed by atoms with Crippen molar-refractivity contribution in [2.24, 2.45) is 0 Å². The van der Waals surface area contributed by atoms with E-state index in [1.807, 2.05) is 36.4 Å². The SMILES string of the molecule is CC(C)(C)N1CCC(NCc2cccc(OCc3cccc(C#N)c3)c2)CC1. The van der Waals surface area contributed by atoms with E-state index in [0.717, 1.165) is 30.9 Å². The van der Waals surface area contributed by atoms with Crippen LogP contribution < -0.4 is 10.1 Å². The van der Waals surface area contributed by atoms with E-state index < -0.39 is 0 Å². The Morgan fingerprint density at radius 2 is 1.79 bits per heavy atom. The van der Waals surface area contributed by atoms with Crippen molar-refractivity contribution in [3.05, 3.63) is 65.2 Å². The van der Waals surface area contributed by atoms with Crippen molar-refractivity contribution in [1.29, 1.82) is 5.26 Å². The van der Waals surface area contributed by atoms with Crippen molar-refractivity contribution in [2.75, 3.05) is 13.1 Å². The second-order valence-corrected chi connectivity index (χ2v) is 8.56. The van der Waals surface area contributed by atoms with Gasteiger partial charge in [0, 0.05) is 31.2 Å². The zero-order valence-electron chi connectivity index (χ0n) is 17.2. The lowest BCUT2D eigenvalue weighted by atomic mass is 9.98. The molecule has 0 radical (unpaired) electrons. The minimum atomic E-state index is 0.267. The van der Waals surface area contributed by atoms with Crippen LogP contribution in [0.25, 0.3) is 0 Å². The molecule has 0 amide bonds. The normalized spacial score (nSPS) is 15.9. The summed E-state index contributed by atoms with van der Waals surface area (Å²) in [6.45, 7) is 10.5. The Hall–Kier alpha value is -2.35. The molecule has 1 aliphatic heterocycles. The minimum absolute atomic E-state index is 0.267. The maximum absolute atomic E-state index is 9.00. The van der Waals surface area contributed by atoms with Gasteiger partial charge in [-0.25, -0.2) is 0 Å². The molecule has 0 bridgehead atoms. The molecule has 2 aromatic rings. The maximum Gasteiger partial charge on any atom is 0.120 e. The third kappa shape index (κ3) is 5.82. The number of ether oxygens (including phenoxy) is 1. The number of rotatable bonds is 6. The van der Waals surface area contributed by atoms with Gasteiger partial charge < -0.3 is 10.1 Å². The number of piperidine rings is 1. The average Bonchev–Trinajstić information content (AvgIpc) is 2.71. The summed E-state index contributed by atoms with van der Waals surface area (Å²) in [5, 5.41) is 12.7. The van der Waals surface area contributed by atoms with Crippen molar-refractivity contribution in [3.63, 3.8) is 0 Å². The lowest BCUT2D eigenvalue weighted by molar-refractivity contribution is 0.0960. The first-order valence-corrected chi connectivity index (χ1v) is 10.1. The highest BCUT2D eigenvalue weighted by atomic mass is 16.5. The van der Waals surface area contributed by atoms with E-state index in [9.17, 15) is 0 Å². The molecule has 2 aromatic carbocycles. The molecule has 0 spiro atoms. The second kappa shape index (κ2) is 9.23. The van der Waals surface area contributed by atoms with Gasteiger partial charge in [-0.1, -0.05) is 24.3 Å². The lowest BCUT2D eigenvalue weighted by Gasteiger charge is -2.41. The summed E-state index contributed by atoms with van der Waals surface area (Å²) in [5.41, 5.74) is 3.18. The van der Waals surface area contributed by atoms with E-state index in [2.05, 4.69) is 49.2 Å². The van der Waals surface area contributed by atoms with E-state index in [1.165, 1.54) is 18.4 Å². The van der Waals surface area contributed by atoms with Gasteiger partial charge in [0.25, 0.3) is 0 Å². The van der Waals surface area contributed by atoms with E-state index in [4.69, 9.17) is 10.00 Å². The predicted molar refractivity (Wildman–Crippen MR) is 113 cm³/mol. The van der Waals surface area contributed by atoms with Crippen LogP contribution in [0.4, 0.5) is 0 Å². The molecule has 148 valence electrons. The zero-order chi connectivity index (χ0) is 20.0. The van der Waals surface area contributed by atoms with E-state index >= 15 is 0 Å². The number of likely N-dealkylation sites (tertiary alicyclic amines) is 1. The van der Waals surface area contributed by atoms with Gasteiger partial charge in [0.2, 0.25) is 0 Å². The quantitative estimate of drug-likeness (QED) is 0.806. The number of nitriles is 1. The van der Waals surface area contributed by atoms with Crippen LogP contribution in [0.2, 0.25) is 0 Å². The largest absolute Gasteiger partial charge is 0.489 e. The second-order valence-electron chi connectivity index (χ2n) is 8.56. The van der Waals surface area contributed by atoms with Crippen LogP contribution in [0.3, 0.4) is 0 Å². The van der Waals surface area contributed by atoms with Gasteiger partial charge in [0.05, 0.1) is 11.6 Å². The third-order valence-electron chi connectivity index (χ3n) is 5.40. The van der Waals surface area contributed by atoms with Crippen LogP contribution in [0, 0.1) is 11.3 Å². The van der Waals surface area contributed by atoms with Crippen molar-refractivity contribution in [2.45, 2.75) is 58.3 Å². The van der Waals surface area contributed by atoms with Crippen LogP contribution in [-0.2, 0) is 13.2 Å². The molecule has 0 aromatic heterocycles. The minimum Gasteiger partial charge on any atom is -0.489 e. The van der Waals surface area contributed by atoms with E-state index in [-0.39, 0.29) is 5.54 Å². The Morgan fingerprint density at radius 1 is 1.07 bits per heavy atom. The molecule has 0 unspecified atom stereocenters. The molecule has 1 saturated heterocycles. The lowest BCUT2D eigenvalue weighted by Crippen LogP contribution is -2.49. The first-order chi connectivity index (χ1) is 13.4. The molecule has 1 fully saturated rings. The smallest absolute Gasteiger partial charge is 0.120 e. The summed E-state index contributed by atoms with van der Waals surface area (Å²) in [4.78, 5) is 2.57. The van der Waals surface area contributed by atoms with Crippen molar-refractivity contribution >= 4 is 0 Å².